The third-order valence-corrected chi connectivity index (χ3v) is 4.96. The fourth-order valence-electron chi connectivity index (χ4n) is 3.46. The van der Waals surface area contributed by atoms with Gasteiger partial charge in [-0.2, -0.15) is 0 Å². The minimum atomic E-state index is -0.117. The molecule has 6 nitrogen and oxygen atoms in total. The van der Waals surface area contributed by atoms with E-state index in [0.717, 1.165) is 31.7 Å². The molecule has 1 fully saturated rings. The van der Waals surface area contributed by atoms with Crippen molar-refractivity contribution in [3.05, 3.63) is 59.7 Å². The van der Waals surface area contributed by atoms with Gasteiger partial charge in [0.05, 0.1) is 6.54 Å². The first kappa shape index (κ1) is 20.0. The van der Waals surface area contributed by atoms with Crippen LogP contribution in [0, 0.1) is 0 Å². The number of carbonyl (C=O) groups is 2. The number of amides is 2. The highest BCUT2D eigenvalue weighted by Gasteiger charge is 2.25. The highest BCUT2D eigenvalue weighted by atomic mass is 16.2. The molecule has 148 valence electrons. The summed E-state index contributed by atoms with van der Waals surface area (Å²) in [5.41, 5.74) is 3.98. The molecule has 0 radical (unpaired) electrons. The molecule has 3 rings (SSSR count). The van der Waals surface area contributed by atoms with E-state index < -0.39 is 0 Å². The van der Waals surface area contributed by atoms with Gasteiger partial charge >= 0.3 is 0 Å². The van der Waals surface area contributed by atoms with Gasteiger partial charge in [0.25, 0.3) is 0 Å². The van der Waals surface area contributed by atoms with Crippen LogP contribution in [-0.4, -0.2) is 42.9 Å². The van der Waals surface area contributed by atoms with Crippen molar-refractivity contribution in [2.75, 3.05) is 36.8 Å². The molecule has 1 heterocycles. The van der Waals surface area contributed by atoms with Gasteiger partial charge in [-0.15, -0.1) is 0 Å². The van der Waals surface area contributed by atoms with E-state index in [4.69, 9.17) is 0 Å². The maximum atomic E-state index is 12.6. The minimum Gasteiger partial charge on any atom is -0.326 e. The van der Waals surface area contributed by atoms with Gasteiger partial charge < -0.3 is 16.0 Å². The molecule has 0 saturated carbocycles. The van der Waals surface area contributed by atoms with Gasteiger partial charge in [-0.1, -0.05) is 31.2 Å². The molecule has 2 aromatic rings. The molecule has 6 heteroatoms. The topological polar surface area (TPSA) is 73.5 Å². The lowest BCUT2D eigenvalue weighted by Crippen LogP contribution is -2.48. The lowest BCUT2D eigenvalue weighted by Gasteiger charge is -2.36. The third-order valence-electron chi connectivity index (χ3n) is 4.96. The molecule has 1 aliphatic rings. The molecular weight excluding hydrogens is 352 g/mol. The zero-order valence-corrected chi connectivity index (χ0v) is 16.5. The van der Waals surface area contributed by atoms with Crippen molar-refractivity contribution in [1.82, 2.24) is 10.2 Å². The van der Waals surface area contributed by atoms with Crippen molar-refractivity contribution in [1.29, 1.82) is 0 Å². The van der Waals surface area contributed by atoms with E-state index in [2.05, 4.69) is 52.0 Å². The second-order valence-corrected chi connectivity index (χ2v) is 7.09. The number of nitrogens with zero attached hydrogens (tertiary/aromatic N) is 1. The van der Waals surface area contributed by atoms with E-state index >= 15 is 0 Å². The molecular formula is C22H28N4O2. The van der Waals surface area contributed by atoms with E-state index in [1.807, 2.05) is 0 Å². The molecule has 2 amide bonds. The summed E-state index contributed by atoms with van der Waals surface area (Å²) in [4.78, 5) is 25.9. The van der Waals surface area contributed by atoms with Gasteiger partial charge in [0, 0.05) is 44.0 Å². The van der Waals surface area contributed by atoms with Crippen molar-refractivity contribution in [2.24, 2.45) is 0 Å². The first-order valence-electron chi connectivity index (χ1n) is 9.76. The van der Waals surface area contributed by atoms with Gasteiger partial charge in [-0.25, -0.2) is 0 Å². The number of hydrogen-bond donors (Lipinski definition) is 3. The van der Waals surface area contributed by atoms with Crippen LogP contribution in [0.25, 0.3) is 0 Å². The van der Waals surface area contributed by atoms with Crippen LogP contribution in [0.4, 0.5) is 11.4 Å². The zero-order valence-electron chi connectivity index (χ0n) is 16.5. The zero-order chi connectivity index (χ0) is 19.9. The number of hydrogen-bond acceptors (Lipinski definition) is 4. The summed E-state index contributed by atoms with van der Waals surface area (Å²) >= 11 is 0. The second kappa shape index (κ2) is 9.48. The Hall–Kier alpha value is -2.70. The molecule has 28 heavy (non-hydrogen) atoms. The number of benzene rings is 2. The Morgan fingerprint density at radius 3 is 2.29 bits per heavy atom. The van der Waals surface area contributed by atoms with Crippen molar-refractivity contribution in [3.63, 3.8) is 0 Å². The van der Waals surface area contributed by atoms with E-state index in [1.54, 1.807) is 24.3 Å². The Bertz CT molecular complexity index is 802. The SMILES string of the molecule is CCc1ccc(C2CNCCN2CC(=O)Nc2ccc(NC(C)=O)cc2)cc1. The predicted molar refractivity (Wildman–Crippen MR) is 112 cm³/mol. The Labute approximate surface area is 166 Å². The molecule has 1 saturated heterocycles. The smallest absolute Gasteiger partial charge is 0.238 e. The number of aryl methyl sites for hydroxylation is 1. The normalized spacial score (nSPS) is 17.1. The molecule has 3 N–H and O–H groups in total. The third kappa shape index (κ3) is 5.41. The Morgan fingerprint density at radius 1 is 1.04 bits per heavy atom. The van der Waals surface area contributed by atoms with Crippen LogP contribution in [0.1, 0.15) is 31.0 Å². The highest BCUT2D eigenvalue weighted by molar-refractivity contribution is 5.93. The van der Waals surface area contributed by atoms with Gasteiger partial charge in [0.1, 0.15) is 0 Å². The monoisotopic (exact) mass is 380 g/mol. The molecule has 0 spiro atoms. The van der Waals surface area contributed by atoms with Crippen LogP contribution in [0.2, 0.25) is 0 Å². The van der Waals surface area contributed by atoms with E-state index in [-0.39, 0.29) is 17.9 Å². The first-order valence-corrected chi connectivity index (χ1v) is 9.76. The average molecular weight is 380 g/mol. The first-order chi connectivity index (χ1) is 13.5. The summed E-state index contributed by atoms with van der Waals surface area (Å²) in [6.07, 6.45) is 1.02. The van der Waals surface area contributed by atoms with Gasteiger partial charge in [-0.3, -0.25) is 14.5 Å². The fourth-order valence-corrected chi connectivity index (χ4v) is 3.46. The number of piperazine rings is 1. The lowest BCUT2D eigenvalue weighted by atomic mass is 10.0. The number of carbonyl (C=O) groups excluding carboxylic acids is 2. The summed E-state index contributed by atoms with van der Waals surface area (Å²) in [6, 6.07) is 16.0. The molecule has 1 atom stereocenters. The summed E-state index contributed by atoms with van der Waals surface area (Å²) in [6.45, 7) is 6.50. The quantitative estimate of drug-likeness (QED) is 0.721. The number of nitrogens with one attached hydrogen (secondary N) is 3. The van der Waals surface area contributed by atoms with Crippen molar-refractivity contribution < 1.29 is 9.59 Å². The van der Waals surface area contributed by atoms with Crippen LogP contribution in [0.15, 0.2) is 48.5 Å². The molecule has 0 aromatic heterocycles. The maximum Gasteiger partial charge on any atom is 0.238 e. The van der Waals surface area contributed by atoms with Crippen molar-refractivity contribution in [3.8, 4) is 0 Å². The Kier molecular flexibility index (Phi) is 6.79. The van der Waals surface area contributed by atoms with Gasteiger partial charge in [0.15, 0.2) is 0 Å². The molecule has 0 aliphatic carbocycles. The van der Waals surface area contributed by atoms with E-state index in [9.17, 15) is 9.59 Å². The van der Waals surface area contributed by atoms with Crippen molar-refractivity contribution in [2.45, 2.75) is 26.3 Å². The largest absolute Gasteiger partial charge is 0.326 e. The van der Waals surface area contributed by atoms with Crippen LogP contribution < -0.4 is 16.0 Å². The lowest BCUT2D eigenvalue weighted by molar-refractivity contribution is -0.118. The maximum absolute atomic E-state index is 12.6. The number of rotatable bonds is 6. The second-order valence-electron chi connectivity index (χ2n) is 7.09. The van der Waals surface area contributed by atoms with Crippen LogP contribution in [-0.2, 0) is 16.0 Å². The standard InChI is InChI=1S/C22H28N4O2/c1-3-17-4-6-18(7-5-17)21-14-23-12-13-26(21)15-22(28)25-20-10-8-19(9-11-20)24-16(2)27/h4-11,21,23H,3,12-15H2,1-2H3,(H,24,27)(H,25,28). The molecule has 1 aliphatic heterocycles. The Balaban J connectivity index is 1.61. The summed E-state index contributed by atoms with van der Waals surface area (Å²) in [5, 5.41) is 9.09. The van der Waals surface area contributed by atoms with E-state index in [1.165, 1.54) is 18.1 Å². The van der Waals surface area contributed by atoms with E-state index in [0.29, 0.717) is 12.2 Å². The van der Waals surface area contributed by atoms with Gasteiger partial charge in [0.2, 0.25) is 11.8 Å². The van der Waals surface area contributed by atoms with Crippen LogP contribution in [0.5, 0.6) is 0 Å². The highest BCUT2D eigenvalue weighted by Crippen LogP contribution is 2.23. The van der Waals surface area contributed by atoms with Crippen molar-refractivity contribution >= 4 is 23.2 Å². The van der Waals surface area contributed by atoms with Crippen LogP contribution in [0.3, 0.4) is 0 Å². The summed E-state index contributed by atoms with van der Waals surface area (Å²) in [5.74, 6) is -0.155. The average Bonchev–Trinajstić information content (AvgIpc) is 2.69. The minimum absolute atomic E-state index is 0.0376. The molecule has 1 unspecified atom stereocenters. The fraction of sp³-hybridized carbons (Fsp3) is 0.364. The molecule has 2 aromatic carbocycles. The van der Waals surface area contributed by atoms with Gasteiger partial charge in [-0.05, 0) is 41.8 Å². The summed E-state index contributed by atoms with van der Waals surface area (Å²) in [7, 11) is 0. The predicted octanol–water partition coefficient (Wildman–Crippen LogP) is 2.79. The number of anilines is 2. The summed E-state index contributed by atoms with van der Waals surface area (Å²) < 4.78 is 0. The Morgan fingerprint density at radius 2 is 1.68 bits per heavy atom. The van der Waals surface area contributed by atoms with Crippen LogP contribution >= 0.6 is 0 Å². The molecule has 0 bridgehead atoms.